The summed E-state index contributed by atoms with van der Waals surface area (Å²) >= 11 is 0. The number of unbranched alkanes of at least 4 members (excludes halogenated alkanes) is 25. The van der Waals surface area contributed by atoms with Crippen LogP contribution in [0.2, 0.25) is 0 Å². The predicted octanol–water partition coefficient (Wildman–Crippen LogP) is 11.7. The van der Waals surface area contributed by atoms with Crippen molar-refractivity contribution in [2.24, 2.45) is 0 Å². The van der Waals surface area contributed by atoms with Crippen molar-refractivity contribution in [3.8, 4) is 0 Å². The Morgan fingerprint density at radius 1 is 0.333 bits per heavy atom. The minimum atomic E-state index is 0. The molecule has 0 heterocycles. The zero-order chi connectivity index (χ0) is 22.7. The van der Waals surface area contributed by atoms with Crippen LogP contribution in [0.4, 0.5) is 0 Å². The van der Waals surface area contributed by atoms with E-state index in [4.69, 9.17) is 0 Å². The topological polar surface area (TPSA) is 3.24 Å². The Labute approximate surface area is 228 Å². The molecule has 0 saturated carbocycles. The first-order valence-corrected chi connectivity index (χ1v) is 14.9. The van der Waals surface area contributed by atoms with Gasteiger partial charge in [-0.25, -0.2) is 0 Å². The van der Waals surface area contributed by atoms with Gasteiger partial charge in [0.1, 0.15) is 0 Å². The predicted molar refractivity (Wildman–Crippen MR) is 162 cm³/mol. The Balaban J connectivity index is -0.00000450. The van der Waals surface area contributed by atoms with E-state index in [9.17, 15) is 0 Å². The summed E-state index contributed by atoms with van der Waals surface area (Å²) in [5.41, 5.74) is 0. The lowest BCUT2D eigenvalue weighted by Crippen LogP contribution is -2.12. The SMILES string of the molecule is Br.CCCCCCCCCCCCCCCCCCCCCCCCCCCCN(C)C.Cl. The van der Waals surface area contributed by atoms with Crippen LogP contribution in [0.5, 0.6) is 0 Å². The Morgan fingerprint density at radius 3 is 0.697 bits per heavy atom. The summed E-state index contributed by atoms with van der Waals surface area (Å²) in [6.07, 6.45) is 38.3. The largest absolute Gasteiger partial charge is 0.309 e. The summed E-state index contributed by atoms with van der Waals surface area (Å²) in [4.78, 5) is 2.30. The molecule has 0 fully saturated rings. The summed E-state index contributed by atoms with van der Waals surface area (Å²) in [6, 6.07) is 0. The summed E-state index contributed by atoms with van der Waals surface area (Å²) < 4.78 is 0. The van der Waals surface area contributed by atoms with Crippen molar-refractivity contribution in [1.29, 1.82) is 0 Å². The van der Waals surface area contributed by atoms with E-state index in [-0.39, 0.29) is 29.4 Å². The maximum Gasteiger partial charge on any atom is -0.00248 e. The van der Waals surface area contributed by atoms with Gasteiger partial charge in [0, 0.05) is 0 Å². The minimum Gasteiger partial charge on any atom is -0.309 e. The minimum absolute atomic E-state index is 0. The lowest BCUT2D eigenvalue weighted by molar-refractivity contribution is 0.389. The van der Waals surface area contributed by atoms with Gasteiger partial charge in [-0.05, 0) is 27.1 Å². The van der Waals surface area contributed by atoms with E-state index < -0.39 is 0 Å². The van der Waals surface area contributed by atoms with Gasteiger partial charge in [-0.3, -0.25) is 0 Å². The van der Waals surface area contributed by atoms with Gasteiger partial charge < -0.3 is 4.90 Å². The van der Waals surface area contributed by atoms with Gasteiger partial charge in [-0.15, -0.1) is 29.4 Å². The maximum absolute atomic E-state index is 2.30. The van der Waals surface area contributed by atoms with Crippen molar-refractivity contribution in [1.82, 2.24) is 4.90 Å². The second kappa shape index (κ2) is 34.9. The first kappa shape index (κ1) is 38.3. The van der Waals surface area contributed by atoms with Gasteiger partial charge in [0.25, 0.3) is 0 Å². The highest BCUT2D eigenvalue weighted by Crippen LogP contribution is 2.15. The number of rotatable bonds is 27. The van der Waals surface area contributed by atoms with Crippen molar-refractivity contribution >= 4 is 29.4 Å². The van der Waals surface area contributed by atoms with Crippen molar-refractivity contribution < 1.29 is 0 Å². The van der Waals surface area contributed by atoms with Crippen LogP contribution < -0.4 is 0 Å². The van der Waals surface area contributed by atoms with Crippen molar-refractivity contribution in [2.45, 2.75) is 174 Å². The van der Waals surface area contributed by atoms with Crippen LogP contribution in [-0.2, 0) is 0 Å². The van der Waals surface area contributed by atoms with Crippen LogP contribution in [0.25, 0.3) is 0 Å². The van der Waals surface area contributed by atoms with Gasteiger partial charge in [-0.2, -0.15) is 0 Å². The van der Waals surface area contributed by atoms with E-state index in [1.807, 2.05) is 0 Å². The molecule has 1 nitrogen and oxygen atoms in total. The zero-order valence-electron chi connectivity index (χ0n) is 23.4. The van der Waals surface area contributed by atoms with E-state index >= 15 is 0 Å². The molecule has 33 heavy (non-hydrogen) atoms. The van der Waals surface area contributed by atoms with Gasteiger partial charge in [0.05, 0.1) is 0 Å². The molecule has 0 aromatic heterocycles. The molecule has 0 aliphatic rings. The first-order chi connectivity index (χ1) is 15.3. The molecule has 0 unspecified atom stereocenters. The molecule has 0 aliphatic carbocycles. The Kier molecular flexibility index (Phi) is 40.5. The molecule has 0 saturated heterocycles. The second-order valence-electron chi connectivity index (χ2n) is 10.6. The van der Waals surface area contributed by atoms with E-state index in [0.717, 1.165) is 0 Å². The van der Waals surface area contributed by atoms with Crippen molar-refractivity contribution in [3.05, 3.63) is 0 Å². The Hall–Kier alpha value is 0.730. The van der Waals surface area contributed by atoms with E-state index in [1.165, 1.54) is 173 Å². The molecule has 204 valence electrons. The highest BCUT2D eigenvalue weighted by Gasteiger charge is 1.96. The third kappa shape index (κ3) is 37.4. The highest BCUT2D eigenvalue weighted by molar-refractivity contribution is 8.93. The van der Waals surface area contributed by atoms with E-state index in [1.54, 1.807) is 0 Å². The molecule has 0 aromatic rings. The average Bonchev–Trinajstić information content (AvgIpc) is 2.76. The fraction of sp³-hybridized carbons (Fsp3) is 1.00. The molecule has 0 rings (SSSR count). The quantitative estimate of drug-likeness (QED) is 0.0912. The first-order valence-electron chi connectivity index (χ1n) is 14.9. The molecule has 3 heteroatoms. The summed E-state index contributed by atoms with van der Waals surface area (Å²) in [6.45, 7) is 3.57. The number of halogens is 2. The second-order valence-corrected chi connectivity index (χ2v) is 10.6. The van der Waals surface area contributed by atoms with Gasteiger partial charge in [0.15, 0.2) is 0 Å². The Bertz CT molecular complexity index is 312. The number of hydrogen-bond acceptors (Lipinski definition) is 1. The third-order valence-electron chi connectivity index (χ3n) is 6.96. The molecule has 0 N–H and O–H groups in total. The lowest BCUT2D eigenvalue weighted by Gasteiger charge is -2.08. The normalized spacial score (nSPS) is 10.9. The summed E-state index contributed by atoms with van der Waals surface area (Å²) in [5.74, 6) is 0. The Morgan fingerprint density at radius 2 is 0.515 bits per heavy atom. The van der Waals surface area contributed by atoms with E-state index in [2.05, 4.69) is 25.9 Å². The molecule has 0 atom stereocenters. The summed E-state index contributed by atoms with van der Waals surface area (Å²) in [5, 5.41) is 0. The van der Waals surface area contributed by atoms with Gasteiger partial charge in [-0.1, -0.05) is 167 Å². The smallest absolute Gasteiger partial charge is 0.00248 e. The molecule has 0 spiro atoms. The maximum atomic E-state index is 2.30. The fourth-order valence-electron chi connectivity index (χ4n) is 4.74. The molecular formula is C30H65BrClN. The van der Waals surface area contributed by atoms with Crippen LogP contribution in [0.3, 0.4) is 0 Å². The molecular weight excluding hydrogens is 490 g/mol. The molecule has 0 radical (unpaired) electrons. The average molecular weight is 555 g/mol. The monoisotopic (exact) mass is 553 g/mol. The van der Waals surface area contributed by atoms with Crippen LogP contribution in [0.1, 0.15) is 174 Å². The highest BCUT2D eigenvalue weighted by atomic mass is 79.9. The van der Waals surface area contributed by atoms with Crippen LogP contribution >= 0.6 is 29.4 Å². The van der Waals surface area contributed by atoms with E-state index in [0.29, 0.717) is 0 Å². The summed E-state index contributed by atoms with van der Waals surface area (Å²) in [7, 11) is 4.36. The molecule has 0 aromatic carbocycles. The van der Waals surface area contributed by atoms with Crippen LogP contribution in [0, 0.1) is 0 Å². The van der Waals surface area contributed by atoms with Crippen molar-refractivity contribution in [3.63, 3.8) is 0 Å². The molecule has 0 bridgehead atoms. The molecule has 0 amide bonds. The van der Waals surface area contributed by atoms with Crippen LogP contribution in [-0.4, -0.2) is 25.5 Å². The zero-order valence-corrected chi connectivity index (χ0v) is 25.9. The van der Waals surface area contributed by atoms with Crippen molar-refractivity contribution in [2.75, 3.05) is 20.6 Å². The fourth-order valence-corrected chi connectivity index (χ4v) is 4.74. The number of nitrogens with zero attached hydrogens (tertiary/aromatic N) is 1. The van der Waals surface area contributed by atoms with Crippen LogP contribution in [0.15, 0.2) is 0 Å². The third-order valence-corrected chi connectivity index (χ3v) is 6.96. The number of hydrogen-bond donors (Lipinski definition) is 0. The van der Waals surface area contributed by atoms with Gasteiger partial charge >= 0.3 is 0 Å². The lowest BCUT2D eigenvalue weighted by atomic mass is 10.0. The standard InChI is InChI=1S/C30H63N.BrH.ClH/c1-4-5-6-7-8-9-10-11-12-13-14-15-16-17-18-19-20-21-22-23-24-25-26-27-28-29-30-31(2)3;;/h4-30H2,1-3H3;2*1H. The van der Waals surface area contributed by atoms with Gasteiger partial charge in [0.2, 0.25) is 0 Å². The molecule has 0 aliphatic heterocycles.